The zero-order valence-electron chi connectivity index (χ0n) is 17.5. The predicted molar refractivity (Wildman–Crippen MR) is 116 cm³/mol. The molecule has 27 heavy (non-hydrogen) atoms. The van der Waals surface area contributed by atoms with Crippen LogP contribution >= 0.6 is 0 Å². The topological polar surface area (TPSA) is 46.6 Å². The van der Waals surface area contributed by atoms with E-state index in [4.69, 9.17) is 4.43 Å². The first-order chi connectivity index (χ1) is 12.4. The molecule has 6 heteroatoms. The van der Waals surface area contributed by atoms with Crippen LogP contribution in [0, 0.1) is 18.8 Å². The lowest BCUT2D eigenvalue weighted by Crippen LogP contribution is -2.40. The largest absolute Gasteiger partial charge is 0.406 e. The summed E-state index contributed by atoms with van der Waals surface area (Å²) in [5, 5.41) is 0.124. The molecule has 0 aromatic heterocycles. The summed E-state index contributed by atoms with van der Waals surface area (Å²) >= 11 is 0. The molecule has 0 saturated heterocycles. The maximum absolute atomic E-state index is 12.9. The van der Waals surface area contributed by atoms with Crippen molar-refractivity contribution in [3.63, 3.8) is 0 Å². The SMILES string of the molecule is C=CCCN(CC#CCO[Si](C)(C)C(C)(C)C)S(=O)(=O)c1ccc(C)cc1. The van der Waals surface area contributed by atoms with Gasteiger partial charge in [0.2, 0.25) is 10.0 Å². The first-order valence-electron chi connectivity index (χ1n) is 9.19. The Morgan fingerprint density at radius 1 is 1.19 bits per heavy atom. The average Bonchev–Trinajstić information content (AvgIpc) is 2.56. The van der Waals surface area contributed by atoms with Crippen LogP contribution in [0.25, 0.3) is 0 Å². The van der Waals surface area contributed by atoms with E-state index in [0.29, 0.717) is 19.6 Å². The molecule has 0 spiro atoms. The number of benzene rings is 1. The highest BCUT2D eigenvalue weighted by atomic mass is 32.2. The van der Waals surface area contributed by atoms with Crippen molar-refractivity contribution in [2.45, 2.75) is 57.1 Å². The summed E-state index contributed by atoms with van der Waals surface area (Å²) in [5.74, 6) is 5.95. The Morgan fingerprint density at radius 3 is 2.30 bits per heavy atom. The van der Waals surface area contributed by atoms with Gasteiger partial charge in [-0.2, -0.15) is 4.31 Å². The van der Waals surface area contributed by atoms with E-state index in [9.17, 15) is 8.42 Å². The fourth-order valence-electron chi connectivity index (χ4n) is 2.01. The van der Waals surface area contributed by atoms with E-state index in [1.165, 1.54) is 4.31 Å². The van der Waals surface area contributed by atoms with Crippen molar-refractivity contribution in [3.05, 3.63) is 42.5 Å². The summed E-state index contributed by atoms with van der Waals surface area (Å²) < 4.78 is 33.2. The Labute approximate surface area is 166 Å². The zero-order chi connectivity index (χ0) is 20.7. The standard InChI is InChI=1S/C21H33NO3SSi/c1-8-9-16-22(26(23,24)20-14-12-19(2)13-15-20)17-10-11-18-25-27(6,7)21(3,4)5/h8,12-15H,1,9,16-18H2,2-7H3. The highest BCUT2D eigenvalue weighted by Crippen LogP contribution is 2.36. The van der Waals surface area contributed by atoms with Gasteiger partial charge in [-0.1, -0.05) is 56.4 Å². The summed E-state index contributed by atoms with van der Waals surface area (Å²) in [6.45, 7) is 17.3. The molecule has 0 heterocycles. The van der Waals surface area contributed by atoms with Crippen LogP contribution in [0.5, 0.6) is 0 Å². The molecule has 0 aliphatic heterocycles. The Kier molecular flexibility index (Phi) is 8.49. The summed E-state index contributed by atoms with van der Waals surface area (Å²) in [7, 11) is -5.42. The zero-order valence-corrected chi connectivity index (χ0v) is 19.3. The van der Waals surface area contributed by atoms with Crippen LogP contribution in [0.15, 0.2) is 41.8 Å². The molecule has 0 aliphatic rings. The molecule has 1 aromatic carbocycles. The minimum atomic E-state index is -3.58. The number of hydrogen-bond acceptors (Lipinski definition) is 3. The van der Waals surface area contributed by atoms with Crippen molar-refractivity contribution in [2.75, 3.05) is 19.7 Å². The van der Waals surface area contributed by atoms with Gasteiger partial charge in [-0.3, -0.25) is 0 Å². The highest BCUT2D eigenvalue weighted by molar-refractivity contribution is 7.89. The molecule has 1 aromatic rings. The number of hydrogen-bond donors (Lipinski definition) is 0. The van der Waals surface area contributed by atoms with E-state index >= 15 is 0 Å². The van der Waals surface area contributed by atoms with Crippen LogP contribution in [0.1, 0.15) is 32.8 Å². The third-order valence-electron chi connectivity index (χ3n) is 4.93. The van der Waals surface area contributed by atoms with Crippen molar-refractivity contribution in [2.24, 2.45) is 0 Å². The van der Waals surface area contributed by atoms with Gasteiger partial charge in [0, 0.05) is 6.54 Å². The number of rotatable bonds is 8. The molecule has 4 nitrogen and oxygen atoms in total. The van der Waals surface area contributed by atoms with Crippen LogP contribution in [-0.2, 0) is 14.4 Å². The van der Waals surface area contributed by atoms with Gasteiger partial charge in [-0.15, -0.1) is 6.58 Å². The van der Waals surface area contributed by atoms with E-state index in [2.05, 4.69) is 52.3 Å². The highest BCUT2D eigenvalue weighted by Gasteiger charge is 2.36. The minimum absolute atomic E-state index is 0.124. The van der Waals surface area contributed by atoms with E-state index in [-0.39, 0.29) is 16.5 Å². The molecule has 1 rings (SSSR count). The summed E-state index contributed by atoms with van der Waals surface area (Å²) in [6, 6.07) is 6.88. The van der Waals surface area contributed by atoms with E-state index in [0.717, 1.165) is 5.56 Å². The Balaban J connectivity index is 2.85. The second-order valence-corrected chi connectivity index (χ2v) is 14.9. The van der Waals surface area contributed by atoms with Crippen molar-refractivity contribution in [1.29, 1.82) is 0 Å². The third-order valence-corrected chi connectivity index (χ3v) is 11.3. The number of nitrogens with zero attached hydrogens (tertiary/aromatic N) is 1. The lowest BCUT2D eigenvalue weighted by molar-refractivity contribution is 0.334. The molecule has 0 radical (unpaired) electrons. The minimum Gasteiger partial charge on any atom is -0.406 e. The van der Waals surface area contributed by atoms with Crippen LogP contribution in [0.4, 0.5) is 0 Å². The average molecular weight is 408 g/mol. The fourth-order valence-corrected chi connectivity index (χ4v) is 4.23. The lowest BCUT2D eigenvalue weighted by Gasteiger charge is -2.35. The second-order valence-electron chi connectivity index (χ2n) is 8.13. The smallest absolute Gasteiger partial charge is 0.243 e. The molecule has 0 atom stereocenters. The van der Waals surface area contributed by atoms with Crippen molar-refractivity contribution < 1.29 is 12.8 Å². The van der Waals surface area contributed by atoms with E-state index in [1.807, 2.05) is 6.92 Å². The first-order valence-corrected chi connectivity index (χ1v) is 13.5. The van der Waals surface area contributed by atoms with Gasteiger partial charge in [0.05, 0.1) is 18.0 Å². The maximum atomic E-state index is 12.9. The quantitative estimate of drug-likeness (QED) is 0.360. The van der Waals surface area contributed by atoms with Gasteiger partial charge in [-0.25, -0.2) is 8.42 Å². The van der Waals surface area contributed by atoms with Gasteiger partial charge >= 0.3 is 0 Å². The molecular weight excluding hydrogens is 374 g/mol. The predicted octanol–water partition coefficient (Wildman–Crippen LogP) is 4.59. The molecule has 150 valence electrons. The normalized spacial score (nSPS) is 12.6. The first kappa shape index (κ1) is 23.6. The number of sulfonamides is 1. The summed E-state index contributed by atoms with van der Waals surface area (Å²) in [5.41, 5.74) is 1.02. The van der Waals surface area contributed by atoms with E-state index < -0.39 is 18.3 Å². The summed E-state index contributed by atoms with van der Waals surface area (Å²) in [4.78, 5) is 0.288. The summed E-state index contributed by atoms with van der Waals surface area (Å²) in [6.07, 6.45) is 2.29. The van der Waals surface area contributed by atoms with Crippen molar-refractivity contribution in [1.82, 2.24) is 4.31 Å². The van der Waals surface area contributed by atoms with Crippen LogP contribution in [0.3, 0.4) is 0 Å². The van der Waals surface area contributed by atoms with E-state index in [1.54, 1.807) is 30.3 Å². The molecular formula is C21H33NO3SSi. The number of aryl methyl sites for hydroxylation is 1. The molecule has 0 fully saturated rings. The van der Waals surface area contributed by atoms with Crippen molar-refractivity contribution in [3.8, 4) is 11.8 Å². The van der Waals surface area contributed by atoms with Crippen LogP contribution < -0.4 is 0 Å². The molecule has 0 unspecified atom stereocenters. The maximum Gasteiger partial charge on any atom is 0.243 e. The van der Waals surface area contributed by atoms with Gasteiger partial charge in [0.15, 0.2) is 8.32 Å². The monoisotopic (exact) mass is 407 g/mol. The van der Waals surface area contributed by atoms with Crippen LogP contribution in [-0.4, -0.2) is 40.7 Å². The third kappa shape index (κ3) is 6.93. The fraction of sp³-hybridized carbons (Fsp3) is 0.524. The molecule has 0 saturated carbocycles. The Hall–Kier alpha value is -1.39. The molecule has 0 bridgehead atoms. The van der Waals surface area contributed by atoms with Crippen molar-refractivity contribution >= 4 is 18.3 Å². The van der Waals surface area contributed by atoms with Gasteiger partial charge in [0.25, 0.3) is 0 Å². The van der Waals surface area contributed by atoms with Gasteiger partial charge in [0.1, 0.15) is 0 Å². The molecule has 0 N–H and O–H groups in total. The lowest BCUT2D eigenvalue weighted by atomic mass is 10.2. The Morgan fingerprint density at radius 2 is 1.78 bits per heavy atom. The molecule has 0 aliphatic carbocycles. The molecule has 0 amide bonds. The van der Waals surface area contributed by atoms with Gasteiger partial charge < -0.3 is 4.43 Å². The second kappa shape index (κ2) is 9.70. The Bertz CT molecular complexity index is 781. The van der Waals surface area contributed by atoms with Crippen LogP contribution in [0.2, 0.25) is 18.1 Å². The van der Waals surface area contributed by atoms with Gasteiger partial charge in [-0.05, 0) is 43.6 Å².